The van der Waals surface area contributed by atoms with Crippen LogP contribution < -0.4 is 10.1 Å². The van der Waals surface area contributed by atoms with E-state index in [2.05, 4.69) is 30.4 Å². The summed E-state index contributed by atoms with van der Waals surface area (Å²) in [6.07, 6.45) is 0.919. The quantitative estimate of drug-likeness (QED) is 0.591. The molecule has 0 spiro atoms. The van der Waals surface area contributed by atoms with Gasteiger partial charge in [0.15, 0.2) is 0 Å². The smallest absolute Gasteiger partial charge is 0.230 e. The van der Waals surface area contributed by atoms with E-state index >= 15 is 0 Å². The number of carbonyl (C=O) groups excluding carboxylic acids is 1. The van der Waals surface area contributed by atoms with Crippen LogP contribution in [-0.4, -0.2) is 29.8 Å². The van der Waals surface area contributed by atoms with Crippen molar-refractivity contribution in [2.75, 3.05) is 12.9 Å². The zero-order valence-corrected chi connectivity index (χ0v) is 16.7. The molecule has 0 aliphatic heterocycles. The maximum atomic E-state index is 12.1. The van der Waals surface area contributed by atoms with Gasteiger partial charge < -0.3 is 10.1 Å². The summed E-state index contributed by atoms with van der Waals surface area (Å²) in [5.74, 6) is 1.15. The molecular formula is C22H24N2O2S. The van der Waals surface area contributed by atoms with Crippen molar-refractivity contribution >= 4 is 28.6 Å². The summed E-state index contributed by atoms with van der Waals surface area (Å²) in [7, 11) is 1.65. The fourth-order valence-electron chi connectivity index (χ4n) is 2.80. The Bertz CT molecular complexity index is 928. The molecule has 0 aliphatic carbocycles. The molecule has 27 heavy (non-hydrogen) atoms. The van der Waals surface area contributed by atoms with Gasteiger partial charge in [-0.1, -0.05) is 49.0 Å². The average molecular weight is 381 g/mol. The van der Waals surface area contributed by atoms with Crippen molar-refractivity contribution < 1.29 is 9.53 Å². The van der Waals surface area contributed by atoms with E-state index in [4.69, 9.17) is 9.72 Å². The van der Waals surface area contributed by atoms with E-state index in [0.717, 1.165) is 39.2 Å². The molecule has 0 saturated carbocycles. The minimum absolute atomic E-state index is 0.0307. The van der Waals surface area contributed by atoms with Crippen molar-refractivity contribution in [2.24, 2.45) is 0 Å². The zero-order chi connectivity index (χ0) is 19.2. The monoisotopic (exact) mass is 380 g/mol. The molecule has 1 aromatic heterocycles. The van der Waals surface area contributed by atoms with Crippen molar-refractivity contribution in [1.82, 2.24) is 10.3 Å². The van der Waals surface area contributed by atoms with Gasteiger partial charge >= 0.3 is 0 Å². The van der Waals surface area contributed by atoms with E-state index in [9.17, 15) is 4.79 Å². The highest BCUT2D eigenvalue weighted by Gasteiger charge is 2.12. The lowest BCUT2D eigenvalue weighted by atomic mass is 10.0. The van der Waals surface area contributed by atoms with Gasteiger partial charge in [-0.25, -0.2) is 4.98 Å². The summed E-state index contributed by atoms with van der Waals surface area (Å²) in [6, 6.07) is 18.4. The van der Waals surface area contributed by atoms with Crippen LogP contribution in [-0.2, 0) is 4.79 Å². The third-order valence-corrected chi connectivity index (χ3v) is 5.36. The van der Waals surface area contributed by atoms with Gasteiger partial charge in [-0.2, -0.15) is 0 Å². The van der Waals surface area contributed by atoms with Gasteiger partial charge in [-0.05, 0) is 42.7 Å². The Kier molecular flexibility index (Phi) is 6.35. The number of amides is 1. The van der Waals surface area contributed by atoms with E-state index in [1.807, 2.05) is 43.3 Å². The molecule has 0 fully saturated rings. The van der Waals surface area contributed by atoms with Crippen LogP contribution in [0.1, 0.15) is 20.3 Å². The Balaban J connectivity index is 1.94. The maximum absolute atomic E-state index is 12.1. The minimum atomic E-state index is 0.0307. The van der Waals surface area contributed by atoms with Gasteiger partial charge in [0.1, 0.15) is 5.75 Å². The Hall–Kier alpha value is -2.53. The van der Waals surface area contributed by atoms with Crippen molar-refractivity contribution in [1.29, 1.82) is 0 Å². The fraction of sp³-hybridized carbons (Fsp3) is 0.273. The second-order valence-electron chi connectivity index (χ2n) is 6.42. The number of pyridine rings is 1. The number of methoxy groups -OCH3 is 1. The number of hydrogen-bond donors (Lipinski definition) is 1. The number of hydrogen-bond acceptors (Lipinski definition) is 4. The van der Waals surface area contributed by atoms with E-state index in [0.29, 0.717) is 5.75 Å². The van der Waals surface area contributed by atoms with Crippen molar-refractivity contribution in [3.63, 3.8) is 0 Å². The molecule has 140 valence electrons. The second-order valence-corrected chi connectivity index (χ2v) is 7.42. The Morgan fingerprint density at radius 1 is 1.19 bits per heavy atom. The second kappa shape index (κ2) is 8.91. The lowest BCUT2D eigenvalue weighted by molar-refractivity contribution is -0.119. The maximum Gasteiger partial charge on any atom is 0.230 e. The summed E-state index contributed by atoms with van der Waals surface area (Å²) >= 11 is 1.45. The summed E-state index contributed by atoms with van der Waals surface area (Å²) in [4.78, 5) is 16.9. The average Bonchev–Trinajstić information content (AvgIpc) is 2.71. The minimum Gasteiger partial charge on any atom is -0.497 e. The predicted molar refractivity (Wildman–Crippen MR) is 112 cm³/mol. The molecular weight excluding hydrogens is 356 g/mol. The summed E-state index contributed by atoms with van der Waals surface area (Å²) in [5.41, 5.74) is 3.09. The van der Waals surface area contributed by atoms with Crippen molar-refractivity contribution in [3.05, 3.63) is 54.6 Å². The molecule has 1 amide bonds. The number of ether oxygens (including phenoxy) is 1. The van der Waals surface area contributed by atoms with Crippen LogP contribution in [0.4, 0.5) is 0 Å². The predicted octanol–water partition coefficient (Wildman–Crippen LogP) is 4.92. The Morgan fingerprint density at radius 3 is 2.67 bits per heavy atom. The first-order chi connectivity index (χ1) is 13.1. The lowest BCUT2D eigenvalue weighted by Crippen LogP contribution is -2.33. The molecule has 0 radical (unpaired) electrons. The number of carbonyl (C=O) groups is 1. The van der Waals surface area contributed by atoms with Gasteiger partial charge in [0, 0.05) is 17.5 Å². The van der Waals surface area contributed by atoms with Gasteiger partial charge in [0.05, 0.1) is 23.4 Å². The third kappa shape index (κ3) is 4.80. The van der Waals surface area contributed by atoms with Crippen LogP contribution in [0.15, 0.2) is 59.6 Å². The van der Waals surface area contributed by atoms with Crippen LogP contribution in [0, 0.1) is 0 Å². The Morgan fingerprint density at radius 2 is 1.96 bits per heavy atom. The first-order valence-electron chi connectivity index (χ1n) is 9.07. The molecule has 0 aliphatic rings. The molecule has 0 saturated heterocycles. The molecule has 3 rings (SSSR count). The molecule has 1 N–H and O–H groups in total. The van der Waals surface area contributed by atoms with Crippen molar-refractivity contribution in [3.8, 4) is 16.9 Å². The van der Waals surface area contributed by atoms with Gasteiger partial charge in [0.25, 0.3) is 0 Å². The van der Waals surface area contributed by atoms with E-state index < -0.39 is 0 Å². The van der Waals surface area contributed by atoms with E-state index in [1.54, 1.807) is 7.11 Å². The van der Waals surface area contributed by atoms with Crippen molar-refractivity contribution in [2.45, 2.75) is 31.3 Å². The van der Waals surface area contributed by atoms with E-state index in [-0.39, 0.29) is 11.9 Å². The number of nitrogens with one attached hydrogen (secondary N) is 1. The standard InChI is InChI=1S/C22H24N2O2S/c1-4-15(2)23-21(25)14-27-22-13-19(16-8-6-5-7-9-16)18-11-10-17(26-3)12-20(18)24-22/h5-13,15H,4,14H2,1-3H3,(H,23,25). The number of thioether (sulfide) groups is 1. The van der Waals surface area contributed by atoms with Crippen LogP contribution in [0.25, 0.3) is 22.0 Å². The molecule has 1 unspecified atom stereocenters. The zero-order valence-electron chi connectivity index (χ0n) is 15.9. The Labute approximate surface area is 164 Å². The third-order valence-electron chi connectivity index (χ3n) is 4.45. The first kappa shape index (κ1) is 19.2. The summed E-state index contributed by atoms with van der Waals surface area (Å²) in [6.45, 7) is 4.07. The number of rotatable bonds is 7. The van der Waals surface area contributed by atoms with Gasteiger partial charge in [-0.15, -0.1) is 0 Å². The molecule has 5 heteroatoms. The molecule has 2 aromatic carbocycles. The molecule has 3 aromatic rings. The normalized spacial score (nSPS) is 12.0. The largest absolute Gasteiger partial charge is 0.497 e. The van der Waals surface area contributed by atoms with Crippen LogP contribution in [0.3, 0.4) is 0 Å². The lowest BCUT2D eigenvalue weighted by Gasteiger charge is -2.12. The van der Waals surface area contributed by atoms with Gasteiger partial charge in [0.2, 0.25) is 5.91 Å². The number of nitrogens with zero attached hydrogens (tertiary/aromatic N) is 1. The SMILES string of the molecule is CCC(C)NC(=O)CSc1cc(-c2ccccc2)c2ccc(OC)cc2n1. The first-order valence-corrected chi connectivity index (χ1v) is 10.1. The number of fused-ring (bicyclic) bond motifs is 1. The molecule has 4 nitrogen and oxygen atoms in total. The summed E-state index contributed by atoms with van der Waals surface area (Å²) in [5, 5.41) is 4.89. The van der Waals surface area contributed by atoms with Crippen LogP contribution >= 0.6 is 11.8 Å². The van der Waals surface area contributed by atoms with E-state index in [1.165, 1.54) is 11.8 Å². The highest BCUT2D eigenvalue weighted by Crippen LogP contribution is 2.33. The molecule has 0 bridgehead atoms. The number of aromatic nitrogens is 1. The summed E-state index contributed by atoms with van der Waals surface area (Å²) < 4.78 is 5.35. The highest BCUT2D eigenvalue weighted by molar-refractivity contribution is 7.99. The van der Waals surface area contributed by atoms with Crippen LogP contribution in [0.2, 0.25) is 0 Å². The molecule has 1 atom stereocenters. The van der Waals surface area contributed by atoms with Crippen LogP contribution in [0.5, 0.6) is 5.75 Å². The number of benzene rings is 2. The van der Waals surface area contributed by atoms with Gasteiger partial charge in [-0.3, -0.25) is 4.79 Å². The topological polar surface area (TPSA) is 51.2 Å². The fourth-order valence-corrected chi connectivity index (χ4v) is 3.53. The molecule has 1 heterocycles. The highest BCUT2D eigenvalue weighted by atomic mass is 32.2.